The number of carbonyl (C=O) groups excluding carboxylic acids is 1. The van der Waals surface area contributed by atoms with Crippen molar-refractivity contribution in [2.24, 2.45) is 5.73 Å². The van der Waals surface area contributed by atoms with Crippen LogP contribution in [0.5, 0.6) is 0 Å². The Morgan fingerprint density at radius 1 is 1.22 bits per heavy atom. The van der Waals surface area contributed by atoms with Crippen molar-refractivity contribution in [1.82, 2.24) is 14.6 Å². The van der Waals surface area contributed by atoms with Gasteiger partial charge in [-0.25, -0.2) is 13.4 Å². The summed E-state index contributed by atoms with van der Waals surface area (Å²) >= 11 is 1.42. The van der Waals surface area contributed by atoms with Crippen molar-refractivity contribution in [1.29, 1.82) is 0 Å². The number of halogens is 1. The van der Waals surface area contributed by atoms with E-state index in [1.165, 1.54) is 15.6 Å². The normalized spacial score (nSPS) is 14.7. The number of carbonyl (C=O) groups is 1. The van der Waals surface area contributed by atoms with E-state index in [4.69, 9.17) is 5.73 Å². The molecule has 1 fully saturated rings. The van der Waals surface area contributed by atoms with Crippen LogP contribution in [-0.4, -0.2) is 43.2 Å². The minimum Gasteiger partial charge on any atom is -0.347 e. The van der Waals surface area contributed by atoms with Crippen molar-refractivity contribution < 1.29 is 13.2 Å². The molecule has 0 spiro atoms. The van der Waals surface area contributed by atoms with Crippen LogP contribution in [0, 0.1) is 0 Å². The van der Waals surface area contributed by atoms with E-state index in [0.717, 1.165) is 23.4 Å². The highest BCUT2D eigenvalue weighted by atomic mass is 35.5. The number of amides is 1. The number of sulfonamides is 1. The fourth-order valence-electron chi connectivity index (χ4n) is 2.78. The second-order valence-corrected chi connectivity index (χ2v) is 8.98. The van der Waals surface area contributed by atoms with Crippen LogP contribution in [0.4, 0.5) is 0 Å². The molecule has 2 heterocycles. The van der Waals surface area contributed by atoms with E-state index in [2.05, 4.69) is 10.3 Å². The minimum absolute atomic E-state index is 0. The SMILES string of the molecule is Cl.NCCc1nc(C(=O)NCc2ccc(S(=O)(=O)N3CCCC3)cc2)cs1. The summed E-state index contributed by atoms with van der Waals surface area (Å²) in [5, 5.41) is 5.35. The summed E-state index contributed by atoms with van der Waals surface area (Å²) in [6, 6.07) is 6.64. The van der Waals surface area contributed by atoms with E-state index >= 15 is 0 Å². The molecule has 0 radical (unpaired) electrons. The summed E-state index contributed by atoms with van der Waals surface area (Å²) in [4.78, 5) is 16.7. The third-order valence-electron chi connectivity index (χ3n) is 4.22. The van der Waals surface area contributed by atoms with Crippen LogP contribution in [0.1, 0.15) is 33.9 Å². The molecule has 148 valence electrons. The molecule has 0 saturated carbocycles. The van der Waals surface area contributed by atoms with E-state index < -0.39 is 10.0 Å². The molecule has 0 bridgehead atoms. The fraction of sp³-hybridized carbons (Fsp3) is 0.412. The van der Waals surface area contributed by atoms with Crippen LogP contribution >= 0.6 is 23.7 Å². The predicted molar refractivity (Wildman–Crippen MR) is 108 cm³/mol. The molecule has 3 rings (SSSR count). The lowest BCUT2D eigenvalue weighted by atomic mass is 10.2. The van der Waals surface area contributed by atoms with Crippen molar-refractivity contribution in [3.63, 3.8) is 0 Å². The Bertz CT molecular complexity index is 863. The number of nitrogens with one attached hydrogen (secondary N) is 1. The van der Waals surface area contributed by atoms with Gasteiger partial charge in [0, 0.05) is 31.4 Å². The minimum atomic E-state index is -3.41. The third-order valence-corrected chi connectivity index (χ3v) is 7.04. The first kappa shape index (κ1) is 21.8. The van der Waals surface area contributed by atoms with E-state index in [9.17, 15) is 13.2 Å². The van der Waals surface area contributed by atoms with Gasteiger partial charge in [0.15, 0.2) is 0 Å². The Morgan fingerprint density at radius 3 is 2.52 bits per heavy atom. The summed E-state index contributed by atoms with van der Waals surface area (Å²) in [7, 11) is -3.41. The van der Waals surface area contributed by atoms with E-state index in [0.29, 0.717) is 43.2 Å². The lowest BCUT2D eigenvalue weighted by molar-refractivity contribution is 0.0946. The highest BCUT2D eigenvalue weighted by molar-refractivity contribution is 7.89. The van der Waals surface area contributed by atoms with Crippen LogP contribution in [0.2, 0.25) is 0 Å². The number of hydrogen-bond acceptors (Lipinski definition) is 6. The van der Waals surface area contributed by atoms with Gasteiger partial charge in [0.25, 0.3) is 5.91 Å². The van der Waals surface area contributed by atoms with Crippen molar-refractivity contribution in [2.45, 2.75) is 30.7 Å². The molecule has 1 saturated heterocycles. The molecule has 7 nitrogen and oxygen atoms in total. The Morgan fingerprint density at radius 2 is 1.89 bits per heavy atom. The zero-order valence-corrected chi connectivity index (χ0v) is 17.2. The van der Waals surface area contributed by atoms with E-state index in [-0.39, 0.29) is 18.3 Å². The second kappa shape index (κ2) is 9.61. The molecule has 10 heteroatoms. The van der Waals surface area contributed by atoms with Crippen LogP contribution in [0.3, 0.4) is 0 Å². The molecule has 27 heavy (non-hydrogen) atoms. The standard InChI is InChI=1S/C17H22N4O3S2.ClH/c18-8-7-16-20-15(12-25-16)17(22)19-11-13-3-5-14(6-4-13)26(23,24)21-9-1-2-10-21;/h3-6,12H,1-2,7-11,18H2,(H,19,22);1H. The molecule has 2 aromatic rings. The van der Waals surface area contributed by atoms with Crippen molar-refractivity contribution >= 4 is 39.7 Å². The Labute approximate surface area is 169 Å². The number of nitrogens with zero attached hydrogens (tertiary/aromatic N) is 2. The summed E-state index contributed by atoms with van der Waals surface area (Å²) in [6.45, 7) is 1.98. The molecule has 1 aliphatic rings. The second-order valence-electron chi connectivity index (χ2n) is 6.10. The first-order chi connectivity index (χ1) is 12.5. The van der Waals surface area contributed by atoms with Crippen LogP contribution in [0.25, 0.3) is 0 Å². The van der Waals surface area contributed by atoms with E-state index in [1.54, 1.807) is 29.6 Å². The van der Waals surface area contributed by atoms with Gasteiger partial charge in [-0.2, -0.15) is 4.31 Å². The smallest absolute Gasteiger partial charge is 0.271 e. The molecule has 0 aliphatic carbocycles. The predicted octanol–water partition coefficient (Wildman–Crippen LogP) is 1.78. The number of aromatic nitrogens is 1. The van der Waals surface area contributed by atoms with Gasteiger partial charge in [0.05, 0.1) is 9.90 Å². The molecule has 1 aliphatic heterocycles. The molecular weight excluding hydrogens is 408 g/mol. The van der Waals surface area contributed by atoms with Crippen LogP contribution in [-0.2, 0) is 23.0 Å². The van der Waals surface area contributed by atoms with Crippen LogP contribution in [0.15, 0.2) is 34.5 Å². The third kappa shape index (κ3) is 5.26. The zero-order chi connectivity index (χ0) is 18.6. The number of nitrogens with two attached hydrogens (primary N) is 1. The van der Waals surface area contributed by atoms with Gasteiger partial charge in [-0.15, -0.1) is 23.7 Å². The first-order valence-electron chi connectivity index (χ1n) is 8.52. The summed E-state index contributed by atoms with van der Waals surface area (Å²) in [6.07, 6.45) is 2.48. The van der Waals surface area contributed by atoms with E-state index in [1.807, 2.05) is 0 Å². The van der Waals surface area contributed by atoms with Gasteiger partial charge in [0.2, 0.25) is 10.0 Å². The quantitative estimate of drug-likeness (QED) is 0.696. The molecule has 0 unspecified atom stereocenters. The average molecular weight is 431 g/mol. The van der Waals surface area contributed by atoms with Gasteiger partial charge in [-0.05, 0) is 37.1 Å². The van der Waals surface area contributed by atoms with Gasteiger partial charge in [-0.1, -0.05) is 12.1 Å². The highest BCUT2D eigenvalue weighted by Crippen LogP contribution is 2.21. The first-order valence-corrected chi connectivity index (χ1v) is 10.8. The van der Waals surface area contributed by atoms with Gasteiger partial charge >= 0.3 is 0 Å². The molecule has 0 atom stereocenters. The zero-order valence-electron chi connectivity index (χ0n) is 14.8. The maximum atomic E-state index is 12.5. The lowest BCUT2D eigenvalue weighted by Crippen LogP contribution is -2.28. The van der Waals surface area contributed by atoms with Crippen molar-refractivity contribution in [3.8, 4) is 0 Å². The highest BCUT2D eigenvalue weighted by Gasteiger charge is 2.26. The molecule has 3 N–H and O–H groups in total. The maximum Gasteiger partial charge on any atom is 0.271 e. The number of thiazole rings is 1. The molecule has 1 aromatic heterocycles. The number of hydrogen-bond donors (Lipinski definition) is 2. The summed E-state index contributed by atoms with van der Waals surface area (Å²) in [5.74, 6) is -0.252. The van der Waals surface area contributed by atoms with Crippen molar-refractivity contribution in [3.05, 3.63) is 45.9 Å². The molecule has 1 amide bonds. The summed E-state index contributed by atoms with van der Waals surface area (Å²) in [5.41, 5.74) is 6.69. The number of rotatable bonds is 7. The monoisotopic (exact) mass is 430 g/mol. The average Bonchev–Trinajstić information content (AvgIpc) is 3.32. The molecular formula is C17H23ClN4O3S2. The maximum absolute atomic E-state index is 12.5. The van der Waals surface area contributed by atoms with Gasteiger partial charge in [0.1, 0.15) is 5.69 Å². The fourth-order valence-corrected chi connectivity index (χ4v) is 5.09. The van der Waals surface area contributed by atoms with Crippen LogP contribution < -0.4 is 11.1 Å². The van der Waals surface area contributed by atoms with Crippen molar-refractivity contribution in [2.75, 3.05) is 19.6 Å². The Hall–Kier alpha value is -1.52. The topological polar surface area (TPSA) is 105 Å². The Kier molecular flexibility index (Phi) is 7.75. The number of benzene rings is 1. The van der Waals surface area contributed by atoms with Gasteiger partial charge < -0.3 is 11.1 Å². The molecule has 1 aromatic carbocycles. The Balaban J connectivity index is 0.00000261. The lowest BCUT2D eigenvalue weighted by Gasteiger charge is -2.15. The summed E-state index contributed by atoms with van der Waals surface area (Å²) < 4.78 is 26.5. The largest absolute Gasteiger partial charge is 0.347 e. The van der Waals surface area contributed by atoms with Gasteiger partial charge in [-0.3, -0.25) is 4.79 Å².